The fraction of sp³-hybridized carbons (Fsp3) is 0.375. The fourth-order valence-electron chi connectivity index (χ4n) is 3.91. The quantitative estimate of drug-likeness (QED) is 0.600. The van der Waals surface area contributed by atoms with E-state index in [1.165, 1.54) is 0 Å². The molecule has 0 N–H and O–H groups in total. The first-order chi connectivity index (χ1) is 14.7. The van der Waals surface area contributed by atoms with Gasteiger partial charge in [0.15, 0.2) is 0 Å². The summed E-state index contributed by atoms with van der Waals surface area (Å²) >= 11 is 0. The van der Waals surface area contributed by atoms with Crippen molar-refractivity contribution in [3.8, 4) is 0 Å². The Hall–Kier alpha value is -2.99. The third-order valence-corrected chi connectivity index (χ3v) is 5.71. The van der Waals surface area contributed by atoms with Crippen LogP contribution in [-0.4, -0.2) is 47.1 Å². The molecule has 4 rings (SSSR count). The van der Waals surface area contributed by atoms with Crippen LogP contribution < -0.4 is 4.90 Å². The number of rotatable bonds is 7. The van der Waals surface area contributed by atoms with Crippen LogP contribution in [0, 0.1) is 12.0 Å². The Morgan fingerprint density at radius 1 is 1.17 bits per heavy atom. The minimum Gasteiger partial charge on any atom is -0.338 e. The first-order valence-electron chi connectivity index (χ1n) is 10.6. The second-order valence-corrected chi connectivity index (χ2v) is 7.73. The lowest BCUT2D eigenvalue weighted by Gasteiger charge is -2.34. The highest BCUT2D eigenvalue weighted by molar-refractivity contribution is 6.03. The topological polar surface area (TPSA) is 62.5 Å². The zero-order chi connectivity index (χ0) is 20.8. The average molecular weight is 404 g/mol. The Balaban J connectivity index is 1.50. The second kappa shape index (κ2) is 9.67. The van der Waals surface area contributed by atoms with E-state index in [4.69, 9.17) is 4.52 Å². The number of hydrogen-bond donors (Lipinski definition) is 0. The van der Waals surface area contributed by atoms with Crippen LogP contribution in [0.3, 0.4) is 0 Å². The van der Waals surface area contributed by atoms with Gasteiger partial charge in [-0.1, -0.05) is 54.5 Å². The molecule has 2 heterocycles. The lowest BCUT2D eigenvalue weighted by molar-refractivity contribution is 0.0963. The first kappa shape index (κ1) is 20.3. The minimum absolute atomic E-state index is 0.111. The molecule has 0 bridgehead atoms. The zero-order valence-corrected chi connectivity index (χ0v) is 17.3. The van der Waals surface area contributed by atoms with Crippen molar-refractivity contribution >= 4 is 11.6 Å². The molecule has 155 valence electrons. The van der Waals surface area contributed by atoms with E-state index in [2.05, 4.69) is 28.0 Å². The average Bonchev–Trinajstić information content (AvgIpc) is 3.27. The van der Waals surface area contributed by atoms with Crippen LogP contribution in [0.25, 0.3) is 0 Å². The van der Waals surface area contributed by atoms with Crippen molar-refractivity contribution in [2.75, 3.05) is 31.1 Å². The van der Waals surface area contributed by atoms with E-state index in [0.29, 0.717) is 24.8 Å². The van der Waals surface area contributed by atoms with E-state index in [1.807, 2.05) is 54.6 Å². The lowest BCUT2D eigenvalue weighted by Crippen LogP contribution is -2.41. The van der Waals surface area contributed by atoms with Gasteiger partial charge in [0.05, 0.1) is 6.42 Å². The molecule has 0 unspecified atom stereocenters. The molecule has 0 aliphatic carbocycles. The van der Waals surface area contributed by atoms with Crippen LogP contribution in [0.4, 0.5) is 5.69 Å². The van der Waals surface area contributed by atoms with E-state index < -0.39 is 0 Å². The summed E-state index contributed by atoms with van der Waals surface area (Å²) in [7, 11) is 0. The summed E-state index contributed by atoms with van der Waals surface area (Å²) in [5.41, 5.74) is 1.91. The maximum atomic E-state index is 13.3. The van der Waals surface area contributed by atoms with E-state index in [0.717, 1.165) is 43.7 Å². The first-order valence-corrected chi connectivity index (χ1v) is 10.6. The minimum atomic E-state index is -0.220. The Morgan fingerprint density at radius 3 is 2.60 bits per heavy atom. The molecule has 1 saturated heterocycles. The van der Waals surface area contributed by atoms with Crippen LogP contribution in [0.15, 0.2) is 59.1 Å². The van der Waals surface area contributed by atoms with E-state index in [9.17, 15) is 4.79 Å². The van der Waals surface area contributed by atoms with Crippen molar-refractivity contribution in [1.29, 1.82) is 0 Å². The van der Waals surface area contributed by atoms with Gasteiger partial charge >= 0.3 is 0 Å². The summed E-state index contributed by atoms with van der Waals surface area (Å²) in [5.74, 6) is 0.792. The van der Waals surface area contributed by atoms with Crippen molar-refractivity contribution < 1.29 is 9.32 Å². The molecular formula is C24H27N4O2. The molecule has 1 fully saturated rings. The fourth-order valence-corrected chi connectivity index (χ4v) is 3.91. The van der Waals surface area contributed by atoms with Crippen molar-refractivity contribution in [3.05, 3.63) is 77.9 Å². The molecule has 3 aromatic rings. The van der Waals surface area contributed by atoms with Crippen molar-refractivity contribution in [1.82, 2.24) is 15.0 Å². The number of carbonyl (C=O) groups excluding carboxylic acids is 1. The highest BCUT2D eigenvalue weighted by Gasteiger charge is 2.27. The molecule has 1 radical (unpaired) electrons. The normalized spacial score (nSPS) is 15.2. The highest BCUT2D eigenvalue weighted by atomic mass is 16.5. The Morgan fingerprint density at radius 2 is 1.90 bits per heavy atom. The maximum absolute atomic E-state index is 13.3. The van der Waals surface area contributed by atoms with Crippen LogP contribution in [-0.2, 0) is 6.42 Å². The van der Waals surface area contributed by atoms with Gasteiger partial charge in [-0.15, -0.1) is 0 Å². The molecule has 6 nitrogen and oxygen atoms in total. The lowest BCUT2D eigenvalue weighted by atomic mass is 9.96. The number of aromatic nitrogens is 2. The number of benzene rings is 2. The summed E-state index contributed by atoms with van der Waals surface area (Å²) in [6.07, 6.45) is 2.68. The Labute approximate surface area is 177 Å². The largest absolute Gasteiger partial charge is 0.338 e. The molecule has 1 amide bonds. The van der Waals surface area contributed by atoms with Crippen LogP contribution in [0.5, 0.6) is 0 Å². The third-order valence-electron chi connectivity index (χ3n) is 5.71. The summed E-state index contributed by atoms with van der Waals surface area (Å²) in [5, 5.41) is 3.98. The van der Waals surface area contributed by atoms with Crippen LogP contribution >= 0.6 is 0 Å². The number of amides is 1. The van der Waals surface area contributed by atoms with Crippen molar-refractivity contribution in [2.24, 2.45) is 5.92 Å². The van der Waals surface area contributed by atoms with E-state index >= 15 is 0 Å². The van der Waals surface area contributed by atoms with E-state index in [1.54, 1.807) is 4.90 Å². The molecular weight excluding hydrogens is 376 g/mol. The third kappa shape index (κ3) is 4.94. The van der Waals surface area contributed by atoms with Gasteiger partial charge in [-0.2, -0.15) is 4.98 Å². The number of carbonyl (C=O) groups is 1. The zero-order valence-electron chi connectivity index (χ0n) is 17.3. The second-order valence-electron chi connectivity index (χ2n) is 7.73. The number of piperidine rings is 1. The highest BCUT2D eigenvalue weighted by Crippen LogP contribution is 2.23. The molecule has 30 heavy (non-hydrogen) atoms. The Bertz CT molecular complexity index is 934. The summed E-state index contributed by atoms with van der Waals surface area (Å²) in [4.78, 5) is 22.0. The van der Waals surface area contributed by atoms with Gasteiger partial charge in [0, 0.05) is 12.2 Å². The molecule has 0 spiro atoms. The molecule has 1 aliphatic rings. The van der Waals surface area contributed by atoms with Crippen molar-refractivity contribution in [3.63, 3.8) is 0 Å². The van der Waals surface area contributed by atoms with Crippen molar-refractivity contribution in [2.45, 2.75) is 26.2 Å². The number of anilines is 1. The number of nitrogens with zero attached hydrogens (tertiary/aromatic N) is 4. The van der Waals surface area contributed by atoms with E-state index in [-0.39, 0.29) is 11.7 Å². The molecule has 2 aromatic carbocycles. The molecule has 1 aliphatic heterocycles. The number of likely N-dealkylation sites (tertiary alicyclic amines) is 1. The van der Waals surface area contributed by atoms with Gasteiger partial charge in [-0.25, -0.2) is 0 Å². The summed E-state index contributed by atoms with van der Waals surface area (Å²) < 4.78 is 5.37. The predicted octanol–water partition coefficient (Wildman–Crippen LogP) is 3.84. The molecule has 1 aromatic heterocycles. The van der Waals surface area contributed by atoms with Crippen LogP contribution in [0.2, 0.25) is 0 Å². The SMILES string of the molecule is CCN1CCC(CN(C(=O)c2noc(Cc3ccccc3)n2)c2cc[c]cc2)CC1. The van der Waals surface area contributed by atoms with Crippen LogP contribution in [0.1, 0.15) is 41.8 Å². The van der Waals surface area contributed by atoms with Gasteiger partial charge in [0.2, 0.25) is 5.89 Å². The van der Waals surface area contributed by atoms with Gasteiger partial charge in [-0.3, -0.25) is 4.79 Å². The van der Waals surface area contributed by atoms with Gasteiger partial charge in [0.1, 0.15) is 0 Å². The smallest absolute Gasteiger partial charge is 0.299 e. The predicted molar refractivity (Wildman–Crippen MR) is 115 cm³/mol. The maximum Gasteiger partial charge on any atom is 0.299 e. The standard InChI is InChI=1S/C24H27N4O2/c1-2-27-15-13-20(14-16-27)18-28(21-11-7-4-8-12-21)24(29)23-25-22(30-26-23)17-19-9-5-3-6-10-19/h3,5-12,20H,2,13-18H2,1H3. The summed E-state index contributed by atoms with van der Waals surface area (Å²) in [6.45, 7) is 6.09. The number of hydrogen-bond acceptors (Lipinski definition) is 5. The molecule has 0 atom stereocenters. The van der Waals surface area contributed by atoms with Gasteiger partial charge in [0.25, 0.3) is 11.7 Å². The monoisotopic (exact) mass is 403 g/mol. The van der Waals surface area contributed by atoms with Gasteiger partial charge in [-0.05, 0) is 62.2 Å². The van der Waals surface area contributed by atoms with Gasteiger partial charge < -0.3 is 14.3 Å². The summed E-state index contributed by atoms with van der Waals surface area (Å²) in [6, 6.07) is 20.4. The molecule has 0 saturated carbocycles. The molecule has 6 heteroatoms. The Kier molecular flexibility index (Phi) is 6.54.